The van der Waals surface area contributed by atoms with E-state index in [-0.39, 0.29) is 30.2 Å². The van der Waals surface area contributed by atoms with Crippen molar-refractivity contribution in [2.24, 2.45) is 0 Å². The highest BCUT2D eigenvalue weighted by atomic mass is 33.1. The predicted octanol–water partition coefficient (Wildman–Crippen LogP) is -1.25. The van der Waals surface area contributed by atoms with Gasteiger partial charge in [-0.05, 0) is 37.0 Å². The first-order valence-electron chi connectivity index (χ1n) is 13.3. The van der Waals surface area contributed by atoms with Crippen LogP contribution in [0.4, 0.5) is 0 Å². The Labute approximate surface area is 250 Å². The molecule has 2 heterocycles. The number of aliphatic carboxylic acids is 1. The van der Waals surface area contributed by atoms with E-state index in [0.29, 0.717) is 24.8 Å². The Kier molecular flexibility index (Phi) is 12.3. The van der Waals surface area contributed by atoms with Crippen molar-refractivity contribution in [2.45, 2.75) is 62.8 Å². The van der Waals surface area contributed by atoms with Gasteiger partial charge in [0.2, 0.25) is 29.5 Å². The van der Waals surface area contributed by atoms with Crippen LogP contribution in [0, 0.1) is 0 Å². The Bertz CT molecular complexity index is 1170. The average Bonchev–Trinajstić information content (AvgIpc) is 2.96. The Balaban J connectivity index is 1.84. The summed E-state index contributed by atoms with van der Waals surface area (Å²) in [5.41, 5.74) is 0.630. The van der Waals surface area contributed by atoms with Crippen LogP contribution in [0.2, 0.25) is 0 Å². The van der Waals surface area contributed by atoms with Crippen molar-refractivity contribution in [2.75, 3.05) is 24.7 Å². The van der Waals surface area contributed by atoms with Gasteiger partial charge in [0, 0.05) is 31.4 Å². The van der Waals surface area contributed by atoms with Crippen LogP contribution in [-0.4, -0.2) is 111 Å². The maximum atomic E-state index is 13.4. The second-order valence-electron chi connectivity index (χ2n) is 9.94. The van der Waals surface area contributed by atoms with Crippen LogP contribution in [0.1, 0.15) is 31.7 Å². The summed E-state index contributed by atoms with van der Waals surface area (Å²) in [4.78, 5) is 77.9. The van der Waals surface area contributed by atoms with Gasteiger partial charge in [0.05, 0.1) is 6.61 Å². The lowest BCUT2D eigenvalue weighted by molar-refractivity contribution is -0.147. The number of aliphatic hydroxyl groups excluding tert-OH is 1. The molecule has 0 radical (unpaired) electrons. The fourth-order valence-electron chi connectivity index (χ4n) is 4.58. The van der Waals surface area contributed by atoms with Gasteiger partial charge in [-0.25, -0.2) is 4.79 Å². The maximum Gasteiger partial charge on any atom is 0.327 e. The number of piperidine rings is 1. The lowest BCUT2D eigenvalue weighted by Gasteiger charge is -2.37. The standard InChI is InChI=1S/C26H35N5O9S2/c1-14(33)27-17(10-15-5-7-16(34)8-6-15)22(35)29-19-12-41-42-13-20(26(39)40)30-24(37)21-4-2-3-9-31(21)25(38)18(11-32)28-23(19)36/h5-8,17-21,32,34H,2-4,9-13H2,1H3,(H,27,33)(H,28,36)(H,29,35)(H,30,37)(H,39,40). The highest BCUT2D eigenvalue weighted by Crippen LogP contribution is 2.25. The van der Waals surface area contributed by atoms with E-state index in [1.165, 1.54) is 24.0 Å². The van der Waals surface area contributed by atoms with Gasteiger partial charge in [-0.1, -0.05) is 33.7 Å². The molecule has 2 saturated heterocycles. The molecule has 42 heavy (non-hydrogen) atoms. The van der Waals surface area contributed by atoms with E-state index in [9.17, 15) is 44.1 Å². The predicted molar refractivity (Wildman–Crippen MR) is 154 cm³/mol. The van der Waals surface area contributed by atoms with Crippen molar-refractivity contribution in [1.29, 1.82) is 0 Å². The van der Waals surface area contributed by atoms with E-state index in [1.54, 1.807) is 12.1 Å². The molecule has 14 nitrogen and oxygen atoms in total. The molecule has 1 aromatic carbocycles. The number of carbonyl (C=O) groups excluding carboxylic acids is 5. The summed E-state index contributed by atoms with van der Waals surface area (Å²) in [5, 5.41) is 39.3. The van der Waals surface area contributed by atoms with Crippen LogP contribution < -0.4 is 21.3 Å². The van der Waals surface area contributed by atoms with Crippen molar-refractivity contribution < 1.29 is 44.1 Å². The van der Waals surface area contributed by atoms with Crippen LogP contribution in [0.5, 0.6) is 5.75 Å². The number of phenols is 1. The van der Waals surface area contributed by atoms with E-state index in [1.807, 2.05) is 0 Å². The van der Waals surface area contributed by atoms with Crippen molar-refractivity contribution in [3.8, 4) is 5.75 Å². The number of carboxylic acids is 1. The lowest BCUT2D eigenvalue weighted by Crippen LogP contribution is -2.62. The minimum absolute atomic E-state index is 0.0266. The summed E-state index contributed by atoms with van der Waals surface area (Å²) in [6, 6.07) is 0.0836. The van der Waals surface area contributed by atoms with Gasteiger partial charge in [-0.15, -0.1) is 0 Å². The summed E-state index contributed by atoms with van der Waals surface area (Å²) < 4.78 is 0. The van der Waals surface area contributed by atoms with Crippen molar-refractivity contribution in [3.05, 3.63) is 29.8 Å². The zero-order valence-corrected chi connectivity index (χ0v) is 24.5. The van der Waals surface area contributed by atoms with E-state index in [2.05, 4.69) is 21.3 Å². The summed E-state index contributed by atoms with van der Waals surface area (Å²) in [6.07, 6.45) is 1.56. The van der Waals surface area contributed by atoms with Gasteiger partial charge < -0.3 is 41.5 Å². The Morgan fingerprint density at radius 1 is 1.05 bits per heavy atom. The topological polar surface area (TPSA) is 214 Å². The molecular formula is C26H35N5O9S2. The van der Waals surface area contributed by atoms with Gasteiger partial charge in [0.15, 0.2) is 0 Å². The van der Waals surface area contributed by atoms with Gasteiger partial charge in [0.1, 0.15) is 36.0 Å². The number of fused-ring (bicyclic) bond motifs is 1. The van der Waals surface area contributed by atoms with Crippen molar-refractivity contribution >= 4 is 57.1 Å². The highest BCUT2D eigenvalue weighted by Gasteiger charge is 2.38. The van der Waals surface area contributed by atoms with E-state index >= 15 is 0 Å². The largest absolute Gasteiger partial charge is 0.508 e. The lowest BCUT2D eigenvalue weighted by atomic mass is 9.99. The summed E-state index contributed by atoms with van der Waals surface area (Å²) in [6.45, 7) is 0.646. The first-order chi connectivity index (χ1) is 20.0. The fraction of sp³-hybridized carbons (Fsp3) is 0.538. The molecule has 16 heteroatoms. The van der Waals surface area contributed by atoms with Crippen molar-refractivity contribution in [1.82, 2.24) is 26.2 Å². The molecule has 0 aliphatic carbocycles. The molecule has 1 aromatic rings. The normalized spacial score (nSPS) is 24.7. The smallest absolute Gasteiger partial charge is 0.327 e. The number of hydrogen-bond acceptors (Lipinski definition) is 10. The number of aromatic hydroxyl groups is 1. The van der Waals surface area contributed by atoms with Gasteiger partial charge in [-0.3, -0.25) is 24.0 Å². The molecular weight excluding hydrogens is 590 g/mol. The third kappa shape index (κ3) is 9.25. The molecule has 2 aliphatic heterocycles. The first-order valence-corrected chi connectivity index (χ1v) is 15.8. The molecule has 230 valence electrons. The molecule has 5 amide bonds. The average molecular weight is 626 g/mol. The van der Waals surface area contributed by atoms with Crippen LogP contribution in [-0.2, 0) is 35.2 Å². The zero-order chi connectivity index (χ0) is 30.8. The van der Waals surface area contributed by atoms with Crippen LogP contribution in [0.3, 0.4) is 0 Å². The van der Waals surface area contributed by atoms with E-state index in [4.69, 9.17) is 0 Å². The molecule has 3 rings (SSSR count). The number of amides is 5. The Morgan fingerprint density at radius 2 is 1.74 bits per heavy atom. The Morgan fingerprint density at radius 3 is 2.38 bits per heavy atom. The fourth-order valence-corrected chi connectivity index (χ4v) is 6.90. The number of hydrogen-bond donors (Lipinski definition) is 7. The second kappa shape index (κ2) is 15.7. The van der Waals surface area contributed by atoms with Gasteiger partial charge in [0.25, 0.3) is 0 Å². The zero-order valence-electron chi connectivity index (χ0n) is 22.9. The van der Waals surface area contributed by atoms with Gasteiger partial charge in [-0.2, -0.15) is 0 Å². The molecule has 2 aliphatic rings. The SMILES string of the molecule is CC(=O)NC(Cc1ccc(O)cc1)C(=O)NC1CSSCC(C(=O)O)NC(=O)C2CCCCN2C(=O)C(CO)NC1=O. The molecule has 0 bridgehead atoms. The number of carbonyl (C=O) groups is 6. The number of benzene rings is 1. The third-order valence-electron chi connectivity index (χ3n) is 6.76. The molecule has 7 N–H and O–H groups in total. The van der Waals surface area contributed by atoms with E-state index in [0.717, 1.165) is 21.6 Å². The highest BCUT2D eigenvalue weighted by molar-refractivity contribution is 8.76. The monoisotopic (exact) mass is 625 g/mol. The summed E-state index contributed by atoms with van der Waals surface area (Å²) in [5.74, 6) is -4.63. The first kappa shape index (κ1) is 33.0. The number of nitrogens with zero attached hydrogens (tertiary/aromatic N) is 1. The van der Waals surface area contributed by atoms with Crippen molar-refractivity contribution in [3.63, 3.8) is 0 Å². The molecule has 2 fully saturated rings. The van der Waals surface area contributed by atoms with Crippen LogP contribution >= 0.6 is 21.6 Å². The minimum Gasteiger partial charge on any atom is -0.508 e. The maximum absolute atomic E-state index is 13.4. The molecule has 5 unspecified atom stereocenters. The van der Waals surface area contributed by atoms with E-state index < -0.39 is 72.3 Å². The molecule has 0 saturated carbocycles. The number of carboxylic acid groups (broad SMARTS) is 1. The summed E-state index contributed by atoms with van der Waals surface area (Å²) >= 11 is 0. The number of aliphatic hydroxyl groups is 1. The number of phenolic OH excluding ortho intramolecular Hbond substituents is 1. The quantitative estimate of drug-likeness (QED) is 0.178. The molecule has 5 atom stereocenters. The van der Waals surface area contributed by atoms with Gasteiger partial charge >= 0.3 is 5.97 Å². The third-order valence-corrected chi connectivity index (χ3v) is 9.18. The summed E-state index contributed by atoms with van der Waals surface area (Å²) in [7, 11) is 2.15. The van der Waals surface area contributed by atoms with Crippen LogP contribution in [0.15, 0.2) is 24.3 Å². The second-order valence-corrected chi connectivity index (χ2v) is 12.5. The number of rotatable bonds is 7. The molecule has 0 aromatic heterocycles. The molecule has 0 spiro atoms. The van der Waals surface area contributed by atoms with Crippen LogP contribution in [0.25, 0.3) is 0 Å². The number of nitrogens with one attached hydrogen (secondary N) is 4. The Hall–Kier alpha value is -3.50. The minimum atomic E-state index is -1.41.